The van der Waals surface area contributed by atoms with Crippen LogP contribution in [0.15, 0.2) is 58.2 Å². The van der Waals surface area contributed by atoms with Crippen molar-refractivity contribution in [3.8, 4) is 17.1 Å². The first-order valence-corrected chi connectivity index (χ1v) is 10.3. The van der Waals surface area contributed by atoms with Crippen LogP contribution >= 0.6 is 27.7 Å². The van der Waals surface area contributed by atoms with Crippen molar-refractivity contribution in [1.29, 1.82) is 0 Å². The molecule has 1 unspecified atom stereocenters. The number of thioether (sulfide) groups is 1. The van der Waals surface area contributed by atoms with E-state index in [1.165, 1.54) is 16.4 Å². The van der Waals surface area contributed by atoms with Crippen LogP contribution in [0.25, 0.3) is 11.4 Å². The Morgan fingerprint density at radius 1 is 1.25 bits per heavy atom. The normalized spacial score (nSPS) is 11.8. The van der Waals surface area contributed by atoms with E-state index in [1.54, 1.807) is 19.1 Å². The van der Waals surface area contributed by atoms with E-state index < -0.39 is 5.25 Å². The smallest absolute Gasteiger partial charge is 0.237 e. The molecule has 1 heterocycles. The lowest BCUT2D eigenvalue weighted by molar-refractivity contribution is -0.115. The molecule has 3 aromatic rings. The van der Waals surface area contributed by atoms with E-state index in [4.69, 9.17) is 10.6 Å². The van der Waals surface area contributed by atoms with Crippen LogP contribution in [-0.2, 0) is 4.79 Å². The quantitative estimate of drug-likeness (QED) is 0.408. The standard InChI is InChI=1S/C19H20BrN5O2S/c1-3-27-14-10-8-13(9-11-14)22-18(26)12(2)28-19-24-23-17(25(19)21)15-6-4-5-7-16(15)20/h4-12H,3,21H2,1-2H3,(H,22,26). The summed E-state index contributed by atoms with van der Waals surface area (Å²) >= 11 is 4.73. The average Bonchev–Trinajstić information content (AvgIpc) is 3.04. The van der Waals surface area contributed by atoms with Gasteiger partial charge in [0.05, 0.1) is 11.9 Å². The number of hydrogen-bond acceptors (Lipinski definition) is 6. The van der Waals surface area contributed by atoms with Crippen LogP contribution in [0.2, 0.25) is 0 Å². The minimum atomic E-state index is -0.412. The van der Waals surface area contributed by atoms with Gasteiger partial charge in [-0.05, 0) is 50.2 Å². The van der Waals surface area contributed by atoms with Gasteiger partial charge in [0.15, 0.2) is 5.82 Å². The highest BCUT2D eigenvalue weighted by Crippen LogP contribution is 2.29. The zero-order valence-corrected chi connectivity index (χ0v) is 17.8. The Balaban J connectivity index is 1.67. The number of nitrogen functional groups attached to an aromatic ring is 1. The summed E-state index contributed by atoms with van der Waals surface area (Å²) in [4.78, 5) is 12.5. The van der Waals surface area contributed by atoms with E-state index in [2.05, 4.69) is 31.4 Å². The number of nitrogens with zero attached hydrogens (tertiary/aromatic N) is 3. The summed E-state index contributed by atoms with van der Waals surface area (Å²) in [5.41, 5.74) is 1.53. The minimum Gasteiger partial charge on any atom is -0.494 e. The molecule has 1 atom stereocenters. The molecule has 28 heavy (non-hydrogen) atoms. The molecular weight excluding hydrogens is 442 g/mol. The van der Waals surface area contributed by atoms with Crippen molar-refractivity contribution in [1.82, 2.24) is 14.9 Å². The van der Waals surface area contributed by atoms with Crippen molar-refractivity contribution in [2.75, 3.05) is 17.8 Å². The number of anilines is 1. The maximum absolute atomic E-state index is 12.5. The largest absolute Gasteiger partial charge is 0.494 e. The van der Waals surface area contributed by atoms with Gasteiger partial charge in [-0.2, -0.15) is 0 Å². The number of amides is 1. The predicted octanol–water partition coefficient (Wildman–Crippen LogP) is 3.94. The highest BCUT2D eigenvalue weighted by molar-refractivity contribution is 9.10. The van der Waals surface area contributed by atoms with Crippen molar-refractivity contribution in [3.05, 3.63) is 53.0 Å². The molecule has 9 heteroatoms. The molecule has 0 aliphatic heterocycles. The second-order valence-corrected chi connectivity index (χ2v) is 8.03. The number of benzene rings is 2. The van der Waals surface area contributed by atoms with Gasteiger partial charge in [-0.1, -0.05) is 39.8 Å². The first-order chi connectivity index (χ1) is 13.5. The number of aromatic nitrogens is 3. The van der Waals surface area contributed by atoms with Crippen molar-refractivity contribution >= 4 is 39.3 Å². The van der Waals surface area contributed by atoms with Crippen LogP contribution in [0.4, 0.5) is 5.69 Å². The van der Waals surface area contributed by atoms with Gasteiger partial charge in [0, 0.05) is 15.7 Å². The van der Waals surface area contributed by atoms with Gasteiger partial charge in [-0.15, -0.1) is 10.2 Å². The number of nitrogens with one attached hydrogen (secondary N) is 1. The van der Waals surface area contributed by atoms with Crippen LogP contribution < -0.4 is 15.9 Å². The molecule has 0 saturated carbocycles. The Kier molecular flexibility index (Phi) is 6.58. The molecule has 1 amide bonds. The third-order valence-corrected chi connectivity index (χ3v) is 5.61. The second-order valence-electron chi connectivity index (χ2n) is 5.86. The molecular formula is C19H20BrN5O2S. The van der Waals surface area contributed by atoms with Gasteiger partial charge in [0.1, 0.15) is 5.75 Å². The van der Waals surface area contributed by atoms with Crippen molar-refractivity contribution < 1.29 is 9.53 Å². The van der Waals surface area contributed by atoms with Crippen molar-refractivity contribution in [2.24, 2.45) is 0 Å². The molecule has 0 fully saturated rings. The van der Waals surface area contributed by atoms with Gasteiger partial charge in [0.2, 0.25) is 11.1 Å². The maximum atomic E-state index is 12.5. The Morgan fingerprint density at radius 2 is 1.96 bits per heavy atom. The number of carbonyl (C=O) groups is 1. The van der Waals surface area contributed by atoms with Crippen LogP contribution in [0.5, 0.6) is 5.75 Å². The van der Waals surface area contributed by atoms with Gasteiger partial charge in [0.25, 0.3) is 0 Å². The number of nitrogens with two attached hydrogens (primary N) is 1. The fraction of sp³-hybridized carbons (Fsp3) is 0.211. The third kappa shape index (κ3) is 4.66. The van der Waals surface area contributed by atoms with Crippen LogP contribution in [0, 0.1) is 0 Å². The van der Waals surface area contributed by atoms with Gasteiger partial charge < -0.3 is 15.9 Å². The zero-order chi connectivity index (χ0) is 20.1. The fourth-order valence-electron chi connectivity index (χ4n) is 2.44. The molecule has 7 nitrogen and oxygen atoms in total. The van der Waals surface area contributed by atoms with Gasteiger partial charge >= 0.3 is 0 Å². The number of rotatable bonds is 7. The SMILES string of the molecule is CCOc1ccc(NC(=O)C(C)Sc2nnc(-c3ccccc3Br)n2N)cc1. The lowest BCUT2D eigenvalue weighted by Gasteiger charge is -2.12. The van der Waals surface area contributed by atoms with E-state index in [0.717, 1.165) is 15.8 Å². The zero-order valence-electron chi connectivity index (χ0n) is 15.4. The van der Waals surface area contributed by atoms with Gasteiger partial charge in [-0.25, -0.2) is 4.68 Å². The van der Waals surface area contributed by atoms with E-state index in [9.17, 15) is 4.79 Å². The summed E-state index contributed by atoms with van der Waals surface area (Å²) in [5, 5.41) is 11.2. The molecule has 0 radical (unpaired) electrons. The second kappa shape index (κ2) is 9.11. The highest BCUT2D eigenvalue weighted by atomic mass is 79.9. The van der Waals surface area contributed by atoms with E-state index in [1.807, 2.05) is 43.3 Å². The fourth-order valence-corrected chi connectivity index (χ4v) is 3.67. The number of carbonyl (C=O) groups excluding carboxylic acids is 1. The predicted molar refractivity (Wildman–Crippen MR) is 115 cm³/mol. The average molecular weight is 462 g/mol. The molecule has 0 aliphatic rings. The summed E-state index contributed by atoms with van der Waals surface area (Å²) in [6, 6.07) is 14.8. The molecule has 146 valence electrons. The highest BCUT2D eigenvalue weighted by Gasteiger charge is 2.20. The lowest BCUT2D eigenvalue weighted by Crippen LogP contribution is -2.23. The molecule has 0 bridgehead atoms. The van der Waals surface area contributed by atoms with Crippen LogP contribution in [-0.4, -0.2) is 32.6 Å². The molecule has 0 spiro atoms. The summed E-state index contributed by atoms with van der Waals surface area (Å²) < 4.78 is 7.66. The number of hydrogen-bond donors (Lipinski definition) is 2. The molecule has 3 rings (SSSR count). The molecule has 0 saturated heterocycles. The van der Waals surface area contributed by atoms with Crippen LogP contribution in [0.1, 0.15) is 13.8 Å². The molecule has 3 N–H and O–H groups in total. The Hall–Kier alpha value is -2.52. The Labute approximate surface area is 175 Å². The van der Waals surface area contributed by atoms with E-state index in [0.29, 0.717) is 23.3 Å². The molecule has 2 aromatic carbocycles. The summed E-state index contributed by atoms with van der Waals surface area (Å²) in [7, 11) is 0. The maximum Gasteiger partial charge on any atom is 0.237 e. The monoisotopic (exact) mass is 461 g/mol. The van der Waals surface area contributed by atoms with Gasteiger partial charge in [-0.3, -0.25) is 4.79 Å². The molecule has 1 aromatic heterocycles. The third-order valence-electron chi connectivity index (χ3n) is 3.86. The van der Waals surface area contributed by atoms with E-state index in [-0.39, 0.29) is 5.91 Å². The topological polar surface area (TPSA) is 95.1 Å². The summed E-state index contributed by atoms with van der Waals surface area (Å²) in [6.07, 6.45) is 0. The Bertz CT molecular complexity index is 961. The molecule has 0 aliphatic carbocycles. The minimum absolute atomic E-state index is 0.153. The number of ether oxygens (including phenoxy) is 1. The van der Waals surface area contributed by atoms with Crippen molar-refractivity contribution in [3.63, 3.8) is 0 Å². The summed E-state index contributed by atoms with van der Waals surface area (Å²) in [6.45, 7) is 4.31. The number of halogens is 1. The van der Waals surface area contributed by atoms with Crippen molar-refractivity contribution in [2.45, 2.75) is 24.3 Å². The lowest BCUT2D eigenvalue weighted by atomic mass is 10.2. The first kappa shape index (κ1) is 20.2. The van der Waals surface area contributed by atoms with Crippen LogP contribution in [0.3, 0.4) is 0 Å². The Morgan fingerprint density at radius 3 is 2.64 bits per heavy atom. The first-order valence-electron chi connectivity index (χ1n) is 8.65. The van der Waals surface area contributed by atoms with E-state index >= 15 is 0 Å². The summed E-state index contributed by atoms with van der Waals surface area (Å²) in [5.74, 6) is 7.29.